The Morgan fingerprint density at radius 1 is 1.09 bits per heavy atom. The molecule has 1 aromatic heterocycles. The third kappa shape index (κ3) is 6.82. The van der Waals surface area contributed by atoms with Crippen LogP contribution in [0.5, 0.6) is 0 Å². The molecule has 2 rings (SSSR count). The smallest absolute Gasteiger partial charge is 0.190 e. The molecule has 0 aliphatic rings. The number of nitrogens with zero attached hydrogens (tertiary/aromatic N) is 2. The van der Waals surface area contributed by atoms with Crippen LogP contribution in [0.4, 0.5) is 0 Å². The van der Waals surface area contributed by atoms with Crippen molar-refractivity contribution >= 4 is 17.3 Å². The van der Waals surface area contributed by atoms with Crippen LogP contribution in [0.1, 0.15) is 29.1 Å². The van der Waals surface area contributed by atoms with E-state index in [1.54, 1.807) is 11.3 Å². The van der Waals surface area contributed by atoms with Crippen molar-refractivity contribution in [2.45, 2.75) is 32.6 Å². The zero-order valence-electron chi connectivity index (χ0n) is 14.0. The fraction of sp³-hybridized carbons (Fsp3) is 0.444. The molecular weight excluding hydrogens is 304 g/mol. The molecule has 0 saturated heterocycles. The largest absolute Gasteiger partial charge is 0.356 e. The van der Waals surface area contributed by atoms with Gasteiger partial charge in [0.25, 0.3) is 0 Å². The number of thiazole rings is 1. The van der Waals surface area contributed by atoms with Crippen molar-refractivity contribution < 1.29 is 0 Å². The van der Waals surface area contributed by atoms with Gasteiger partial charge < -0.3 is 10.6 Å². The Labute approximate surface area is 143 Å². The first-order valence-corrected chi connectivity index (χ1v) is 9.05. The van der Waals surface area contributed by atoms with Gasteiger partial charge in [0, 0.05) is 37.6 Å². The predicted molar refractivity (Wildman–Crippen MR) is 99.3 cm³/mol. The highest BCUT2D eigenvalue weighted by Crippen LogP contribution is 2.10. The first-order valence-electron chi connectivity index (χ1n) is 8.17. The molecule has 5 heteroatoms. The molecular formula is C18H26N4S. The second-order valence-corrected chi connectivity index (χ2v) is 6.44. The number of nitrogens with one attached hydrogen (secondary N) is 2. The number of hydrogen-bond donors (Lipinski definition) is 2. The van der Waals surface area contributed by atoms with E-state index in [2.05, 4.69) is 56.3 Å². The van der Waals surface area contributed by atoms with Crippen molar-refractivity contribution in [3.05, 3.63) is 52.0 Å². The molecule has 0 spiro atoms. The summed E-state index contributed by atoms with van der Waals surface area (Å²) in [4.78, 5) is 8.74. The van der Waals surface area contributed by atoms with Crippen molar-refractivity contribution in [3.63, 3.8) is 0 Å². The van der Waals surface area contributed by atoms with Gasteiger partial charge in [0.2, 0.25) is 0 Å². The molecule has 0 radical (unpaired) electrons. The van der Waals surface area contributed by atoms with Crippen molar-refractivity contribution in [3.8, 4) is 0 Å². The lowest BCUT2D eigenvalue weighted by Gasteiger charge is -2.11. The van der Waals surface area contributed by atoms with E-state index < -0.39 is 0 Å². The molecule has 0 unspecified atom stereocenters. The molecule has 0 bridgehead atoms. The van der Waals surface area contributed by atoms with E-state index >= 15 is 0 Å². The van der Waals surface area contributed by atoms with E-state index in [4.69, 9.17) is 0 Å². The molecule has 0 aliphatic carbocycles. The Hall–Kier alpha value is -1.88. The van der Waals surface area contributed by atoms with Gasteiger partial charge in [0.15, 0.2) is 5.96 Å². The summed E-state index contributed by atoms with van der Waals surface area (Å²) < 4.78 is 0. The van der Waals surface area contributed by atoms with E-state index in [9.17, 15) is 0 Å². The Bertz CT molecular complexity index is 592. The summed E-state index contributed by atoms with van der Waals surface area (Å²) >= 11 is 1.74. The van der Waals surface area contributed by atoms with E-state index in [-0.39, 0.29) is 0 Å². The first-order chi connectivity index (χ1) is 11.3. The molecule has 1 heterocycles. The summed E-state index contributed by atoms with van der Waals surface area (Å²) in [6.45, 7) is 3.89. The van der Waals surface area contributed by atoms with Crippen LogP contribution in [0, 0.1) is 6.92 Å². The summed E-state index contributed by atoms with van der Waals surface area (Å²) in [6, 6.07) is 10.6. The van der Waals surface area contributed by atoms with Gasteiger partial charge in [-0.2, -0.15) is 0 Å². The Balaban J connectivity index is 1.56. The molecule has 2 aromatic rings. The van der Waals surface area contributed by atoms with Crippen molar-refractivity contribution in [2.24, 2.45) is 4.99 Å². The molecule has 0 fully saturated rings. The number of rotatable bonds is 8. The summed E-state index contributed by atoms with van der Waals surface area (Å²) in [5, 5.41) is 10.1. The van der Waals surface area contributed by atoms with Crippen molar-refractivity contribution in [1.29, 1.82) is 0 Å². The lowest BCUT2D eigenvalue weighted by Crippen LogP contribution is -2.38. The van der Waals surface area contributed by atoms with E-state index in [0.29, 0.717) is 0 Å². The van der Waals surface area contributed by atoms with E-state index in [1.165, 1.54) is 10.6 Å². The summed E-state index contributed by atoms with van der Waals surface area (Å²) in [6.07, 6.45) is 4.28. The topological polar surface area (TPSA) is 49.3 Å². The van der Waals surface area contributed by atoms with Gasteiger partial charge in [-0.15, -0.1) is 11.3 Å². The predicted octanol–water partition coefficient (Wildman–Crippen LogP) is 3.18. The van der Waals surface area contributed by atoms with Crippen LogP contribution in [-0.4, -0.2) is 31.1 Å². The lowest BCUT2D eigenvalue weighted by atomic mass is 10.1. The molecule has 0 saturated carbocycles. The maximum absolute atomic E-state index is 4.48. The maximum atomic E-state index is 4.48. The lowest BCUT2D eigenvalue weighted by molar-refractivity contribution is 0.716. The summed E-state index contributed by atoms with van der Waals surface area (Å²) in [5.41, 5.74) is 2.50. The van der Waals surface area contributed by atoms with Gasteiger partial charge in [0.1, 0.15) is 0 Å². The molecule has 0 amide bonds. The highest BCUT2D eigenvalue weighted by atomic mass is 32.1. The molecule has 0 aliphatic heterocycles. The number of benzene rings is 1. The number of guanidine groups is 1. The van der Waals surface area contributed by atoms with Gasteiger partial charge in [-0.25, -0.2) is 4.98 Å². The normalized spacial score (nSPS) is 11.5. The van der Waals surface area contributed by atoms with Gasteiger partial charge in [-0.3, -0.25) is 4.99 Å². The van der Waals surface area contributed by atoms with Crippen LogP contribution < -0.4 is 10.6 Å². The maximum Gasteiger partial charge on any atom is 0.190 e. The van der Waals surface area contributed by atoms with Gasteiger partial charge in [0.05, 0.1) is 5.01 Å². The number of aryl methyl sites for hydroxylation is 3. The van der Waals surface area contributed by atoms with Crippen LogP contribution in [0.2, 0.25) is 0 Å². The molecule has 0 atom stereocenters. The van der Waals surface area contributed by atoms with Crippen LogP contribution >= 0.6 is 11.3 Å². The Morgan fingerprint density at radius 2 is 1.78 bits per heavy atom. The second kappa shape index (κ2) is 10.0. The number of aliphatic imine (C=N–C) groups is 1. The molecule has 124 valence electrons. The van der Waals surface area contributed by atoms with Crippen molar-refractivity contribution in [1.82, 2.24) is 15.6 Å². The molecule has 4 nitrogen and oxygen atoms in total. The van der Waals surface area contributed by atoms with Crippen LogP contribution in [0.15, 0.2) is 40.7 Å². The quantitative estimate of drug-likeness (QED) is 0.444. The SMILES string of the molecule is CN=C(NCCCc1ccccc1)NCCCc1nc(C)cs1. The number of hydrogen-bond acceptors (Lipinski definition) is 3. The Kier molecular flexibility index (Phi) is 7.60. The summed E-state index contributed by atoms with van der Waals surface area (Å²) in [5.74, 6) is 0.883. The van der Waals surface area contributed by atoms with Gasteiger partial charge in [-0.05, 0) is 31.7 Å². The average molecular weight is 331 g/mol. The highest BCUT2D eigenvalue weighted by Gasteiger charge is 2.00. The average Bonchev–Trinajstić information content (AvgIpc) is 2.99. The van der Waals surface area contributed by atoms with Gasteiger partial charge in [-0.1, -0.05) is 30.3 Å². The van der Waals surface area contributed by atoms with Gasteiger partial charge >= 0.3 is 0 Å². The minimum Gasteiger partial charge on any atom is -0.356 e. The molecule has 2 N–H and O–H groups in total. The second-order valence-electron chi connectivity index (χ2n) is 5.50. The minimum absolute atomic E-state index is 0.883. The zero-order valence-corrected chi connectivity index (χ0v) is 14.8. The monoisotopic (exact) mass is 330 g/mol. The number of aromatic nitrogens is 1. The fourth-order valence-electron chi connectivity index (χ4n) is 2.33. The standard InChI is InChI=1S/C18H26N4S/c1-15-14-23-17(22-15)11-7-13-21-18(19-2)20-12-6-10-16-8-4-3-5-9-16/h3-5,8-9,14H,6-7,10-13H2,1-2H3,(H2,19,20,21). The zero-order chi connectivity index (χ0) is 16.3. The molecule has 1 aromatic carbocycles. The summed E-state index contributed by atoms with van der Waals surface area (Å²) in [7, 11) is 1.82. The third-order valence-corrected chi connectivity index (χ3v) is 4.55. The Morgan fingerprint density at radius 3 is 2.39 bits per heavy atom. The fourth-order valence-corrected chi connectivity index (χ4v) is 3.15. The third-order valence-electron chi connectivity index (χ3n) is 3.53. The highest BCUT2D eigenvalue weighted by molar-refractivity contribution is 7.09. The molecule has 23 heavy (non-hydrogen) atoms. The van der Waals surface area contributed by atoms with E-state index in [0.717, 1.165) is 50.4 Å². The minimum atomic E-state index is 0.883. The van der Waals surface area contributed by atoms with Crippen LogP contribution in [0.25, 0.3) is 0 Å². The van der Waals surface area contributed by atoms with E-state index in [1.807, 2.05) is 14.0 Å². The van der Waals surface area contributed by atoms with Crippen LogP contribution in [-0.2, 0) is 12.8 Å². The van der Waals surface area contributed by atoms with Crippen LogP contribution in [0.3, 0.4) is 0 Å². The first kappa shape index (κ1) is 17.5. The van der Waals surface area contributed by atoms with Crippen molar-refractivity contribution in [2.75, 3.05) is 20.1 Å².